The fraction of sp³-hybridized carbons (Fsp3) is 0.238. The number of hydrogen-bond acceptors (Lipinski definition) is 2. The lowest BCUT2D eigenvalue weighted by Crippen LogP contribution is -2.15. The van der Waals surface area contributed by atoms with Crippen LogP contribution < -0.4 is 10.9 Å². The van der Waals surface area contributed by atoms with Crippen LogP contribution in [-0.4, -0.2) is 9.13 Å². The van der Waals surface area contributed by atoms with E-state index in [1.165, 1.54) is 22.3 Å². The van der Waals surface area contributed by atoms with E-state index in [0.29, 0.717) is 21.5 Å². The van der Waals surface area contributed by atoms with Gasteiger partial charge in [-0.2, -0.15) is 0 Å². The van der Waals surface area contributed by atoms with Crippen LogP contribution in [0.3, 0.4) is 0 Å². The SMILES string of the molecule is CCc1cc2c(=O)c3cc4c(cc3n(-c3ccc(C)cc3)c2cc1CC)c(=O)c1cc(CC)c(CC)cc1n4-c1ccc(C)cc1. The first-order valence-electron chi connectivity index (χ1n) is 16.6. The first-order valence-corrected chi connectivity index (χ1v) is 16.6. The van der Waals surface area contributed by atoms with Gasteiger partial charge in [0.25, 0.3) is 0 Å². The van der Waals surface area contributed by atoms with Gasteiger partial charge in [0.2, 0.25) is 0 Å². The first kappa shape index (κ1) is 29.7. The molecule has 46 heavy (non-hydrogen) atoms. The molecular weight excluding hydrogens is 564 g/mol. The molecule has 2 heterocycles. The zero-order valence-corrected chi connectivity index (χ0v) is 27.6. The number of hydrogen-bond donors (Lipinski definition) is 0. The van der Waals surface area contributed by atoms with Gasteiger partial charge in [0.15, 0.2) is 10.9 Å². The Morgan fingerprint density at radius 1 is 0.413 bits per heavy atom. The van der Waals surface area contributed by atoms with E-state index in [-0.39, 0.29) is 10.9 Å². The van der Waals surface area contributed by atoms with Crippen LogP contribution in [0.4, 0.5) is 0 Å². The van der Waals surface area contributed by atoms with Crippen LogP contribution in [0.15, 0.2) is 94.5 Å². The van der Waals surface area contributed by atoms with Crippen molar-refractivity contribution in [3.05, 3.63) is 139 Å². The quantitative estimate of drug-likeness (QED) is 0.178. The maximum atomic E-state index is 14.6. The third kappa shape index (κ3) is 4.58. The van der Waals surface area contributed by atoms with Crippen LogP contribution in [0.2, 0.25) is 0 Å². The Labute approximate surface area is 269 Å². The summed E-state index contributed by atoms with van der Waals surface area (Å²) in [6, 6.07) is 29.3. The van der Waals surface area contributed by atoms with E-state index < -0.39 is 0 Å². The van der Waals surface area contributed by atoms with Gasteiger partial charge in [-0.25, -0.2) is 0 Å². The second kappa shape index (κ2) is 11.4. The summed E-state index contributed by atoms with van der Waals surface area (Å²) < 4.78 is 4.36. The maximum absolute atomic E-state index is 14.6. The molecule has 0 amide bonds. The monoisotopic (exact) mass is 604 g/mol. The number of nitrogens with zero attached hydrogens (tertiary/aromatic N) is 2. The van der Waals surface area contributed by atoms with Gasteiger partial charge in [0, 0.05) is 32.9 Å². The third-order valence-corrected chi connectivity index (χ3v) is 9.80. The molecule has 0 saturated heterocycles. The van der Waals surface area contributed by atoms with Gasteiger partial charge in [-0.1, -0.05) is 63.1 Å². The standard InChI is InChI=1S/C42H40N2O2/c1-7-27-19-33-37(21-29(27)9-3)43(31-15-11-25(5)12-16-31)39-24-36-40(23-35(39)41(33)45)44(32-17-13-26(6)14-18-32)38-22-30(10-4)28(8-2)20-34(38)42(36)46/h11-24H,7-10H2,1-6H3. The van der Waals surface area contributed by atoms with E-state index >= 15 is 0 Å². The highest BCUT2D eigenvalue weighted by Gasteiger charge is 2.20. The summed E-state index contributed by atoms with van der Waals surface area (Å²) in [7, 11) is 0. The van der Waals surface area contributed by atoms with Crippen molar-refractivity contribution in [2.45, 2.75) is 67.2 Å². The van der Waals surface area contributed by atoms with Crippen molar-refractivity contribution in [3.8, 4) is 11.4 Å². The number of benzene rings is 5. The average molecular weight is 605 g/mol. The van der Waals surface area contributed by atoms with Crippen molar-refractivity contribution in [1.29, 1.82) is 0 Å². The topological polar surface area (TPSA) is 44.0 Å². The minimum atomic E-state index is -0.00815. The Balaban J connectivity index is 1.74. The molecule has 4 nitrogen and oxygen atoms in total. The van der Waals surface area contributed by atoms with Crippen LogP contribution in [0.25, 0.3) is 55.0 Å². The molecule has 7 aromatic rings. The molecule has 0 radical (unpaired) electrons. The molecule has 0 atom stereocenters. The highest BCUT2D eigenvalue weighted by atomic mass is 16.1. The Morgan fingerprint density at radius 3 is 1.02 bits per heavy atom. The summed E-state index contributed by atoms with van der Waals surface area (Å²) >= 11 is 0. The lowest BCUT2D eigenvalue weighted by Gasteiger charge is -2.21. The van der Waals surface area contributed by atoms with Crippen LogP contribution in [0.5, 0.6) is 0 Å². The second-order valence-electron chi connectivity index (χ2n) is 12.6. The fourth-order valence-corrected chi connectivity index (χ4v) is 7.21. The number of pyridine rings is 2. The van der Waals surface area contributed by atoms with Gasteiger partial charge >= 0.3 is 0 Å². The molecule has 4 heteroatoms. The molecular formula is C42H40N2O2. The predicted molar refractivity (Wildman–Crippen MR) is 195 cm³/mol. The van der Waals surface area contributed by atoms with Gasteiger partial charge in [0.1, 0.15) is 0 Å². The van der Waals surface area contributed by atoms with Gasteiger partial charge in [-0.3, -0.25) is 9.59 Å². The van der Waals surface area contributed by atoms with Gasteiger partial charge in [-0.15, -0.1) is 0 Å². The van der Waals surface area contributed by atoms with Crippen molar-refractivity contribution in [2.75, 3.05) is 0 Å². The number of aromatic nitrogens is 2. The summed E-state index contributed by atoms with van der Waals surface area (Å²) in [5, 5.41) is 2.61. The third-order valence-electron chi connectivity index (χ3n) is 9.80. The molecule has 2 aromatic heterocycles. The van der Waals surface area contributed by atoms with Crippen molar-refractivity contribution < 1.29 is 0 Å². The largest absolute Gasteiger partial charge is 0.309 e. The first-order chi connectivity index (χ1) is 22.3. The molecule has 0 bridgehead atoms. The van der Waals surface area contributed by atoms with Crippen LogP contribution in [-0.2, 0) is 25.7 Å². The summed E-state index contributed by atoms with van der Waals surface area (Å²) in [6.45, 7) is 12.8. The van der Waals surface area contributed by atoms with E-state index in [1.54, 1.807) is 0 Å². The van der Waals surface area contributed by atoms with E-state index in [0.717, 1.165) is 70.3 Å². The summed E-state index contributed by atoms with van der Waals surface area (Å²) in [5.41, 5.74) is 12.3. The molecule has 0 aliphatic rings. The van der Waals surface area contributed by atoms with Crippen molar-refractivity contribution in [1.82, 2.24) is 9.13 Å². The minimum Gasteiger partial charge on any atom is -0.309 e. The summed E-state index contributed by atoms with van der Waals surface area (Å²) in [4.78, 5) is 29.1. The normalized spacial score (nSPS) is 11.8. The van der Waals surface area contributed by atoms with E-state index in [4.69, 9.17) is 0 Å². The molecule has 0 N–H and O–H groups in total. The van der Waals surface area contributed by atoms with Crippen molar-refractivity contribution in [3.63, 3.8) is 0 Å². The molecule has 0 aliphatic carbocycles. The smallest absolute Gasteiger partial charge is 0.197 e. The lowest BCUT2D eigenvalue weighted by atomic mass is 9.96. The molecule has 5 aromatic carbocycles. The Bertz CT molecular complexity index is 2270. The van der Waals surface area contributed by atoms with Gasteiger partial charge < -0.3 is 9.13 Å². The minimum absolute atomic E-state index is 0.00815. The van der Waals surface area contributed by atoms with E-state index in [1.807, 2.05) is 12.1 Å². The van der Waals surface area contributed by atoms with Gasteiger partial charge in [-0.05, 0) is 122 Å². The van der Waals surface area contributed by atoms with Crippen molar-refractivity contribution in [2.24, 2.45) is 0 Å². The second-order valence-corrected chi connectivity index (χ2v) is 12.6. The zero-order valence-electron chi connectivity index (χ0n) is 27.6. The van der Waals surface area contributed by atoms with E-state index in [9.17, 15) is 9.59 Å². The summed E-state index contributed by atoms with van der Waals surface area (Å²) in [5.74, 6) is 0. The maximum Gasteiger partial charge on any atom is 0.197 e. The highest BCUT2D eigenvalue weighted by Crippen LogP contribution is 2.33. The number of aryl methyl sites for hydroxylation is 6. The lowest BCUT2D eigenvalue weighted by molar-refractivity contribution is 1.03. The Hall–Kier alpha value is -4.96. The zero-order chi connectivity index (χ0) is 32.3. The fourth-order valence-electron chi connectivity index (χ4n) is 7.21. The summed E-state index contributed by atoms with van der Waals surface area (Å²) in [6.07, 6.45) is 3.47. The molecule has 7 rings (SSSR count). The molecule has 230 valence electrons. The molecule has 0 saturated carbocycles. The van der Waals surface area contributed by atoms with Crippen molar-refractivity contribution >= 4 is 43.6 Å². The Morgan fingerprint density at radius 2 is 0.696 bits per heavy atom. The number of rotatable bonds is 6. The van der Waals surface area contributed by atoms with Crippen LogP contribution in [0, 0.1) is 13.8 Å². The van der Waals surface area contributed by atoms with E-state index in [2.05, 4.69) is 123 Å². The predicted octanol–water partition coefficient (Wildman–Crippen LogP) is 9.47. The number of fused-ring (bicyclic) bond motifs is 4. The molecule has 0 spiro atoms. The Kier molecular flexibility index (Phi) is 7.39. The molecule has 0 unspecified atom stereocenters. The van der Waals surface area contributed by atoms with Gasteiger partial charge in [0.05, 0.1) is 22.1 Å². The average Bonchev–Trinajstić information content (AvgIpc) is 3.08. The highest BCUT2D eigenvalue weighted by molar-refractivity contribution is 6.05. The van der Waals surface area contributed by atoms with Crippen LogP contribution >= 0.6 is 0 Å². The van der Waals surface area contributed by atoms with Crippen LogP contribution in [0.1, 0.15) is 61.1 Å². The molecule has 0 aliphatic heterocycles. The molecule has 0 fully saturated rings.